The number of carbonyl (C=O) groups is 1. The SMILES string of the molecule is CN1CCOC(CNC(=O)c2csc(CN)n2)C1. The number of thiazole rings is 1. The summed E-state index contributed by atoms with van der Waals surface area (Å²) in [4.78, 5) is 18.1. The van der Waals surface area contributed by atoms with E-state index in [0.717, 1.165) is 18.1 Å². The lowest BCUT2D eigenvalue weighted by Crippen LogP contribution is -2.45. The smallest absolute Gasteiger partial charge is 0.270 e. The van der Waals surface area contributed by atoms with Gasteiger partial charge >= 0.3 is 0 Å². The first-order valence-corrected chi connectivity index (χ1v) is 6.80. The number of aromatic nitrogens is 1. The van der Waals surface area contributed by atoms with Gasteiger partial charge in [-0.3, -0.25) is 4.79 Å². The van der Waals surface area contributed by atoms with E-state index in [-0.39, 0.29) is 12.0 Å². The minimum absolute atomic E-state index is 0.0558. The van der Waals surface area contributed by atoms with Crippen molar-refractivity contribution in [2.75, 3.05) is 33.3 Å². The lowest BCUT2D eigenvalue weighted by molar-refractivity contribution is -0.0175. The third-order valence-corrected chi connectivity index (χ3v) is 3.66. The fraction of sp³-hybridized carbons (Fsp3) is 0.636. The third kappa shape index (κ3) is 3.49. The first-order chi connectivity index (χ1) is 8.69. The standard InChI is InChI=1S/C11H18N4O2S/c1-15-2-3-17-8(6-15)5-13-11(16)9-7-18-10(4-12)14-9/h7-8H,2-6,12H2,1H3,(H,13,16). The molecule has 1 saturated heterocycles. The first-order valence-electron chi connectivity index (χ1n) is 5.92. The first kappa shape index (κ1) is 13.4. The van der Waals surface area contributed by atoms with E-state index in [2.05, 4.69) is 15.2 Å². The highest BCUT2D eigenvalue weighted by Gasteiger charge is 2.19. The summed E-state index contributed by atoms with van der Waals surface area (Å²) in [5.41, 5.74) is 5.89. The van der Waals surface area contributed by atoms with Gasteiger partial charge in [0.15, 0.2) is 0 Å². The van der Waals surface area contributed by atoms with Crippen molar-refractivity contribution in [3.05, 3.63) is 16.1 Å². The molecule has 0 saturated carbocycles. The van der Waals surface area contributed by atoms with Gasteiger partial charge in [-0.2, -0.15) is 0 Å². The summed E-state index contributed by atoms with van der Waals surface area (Å²) in [5, 5.41) is 5.34. The van der Waals surface area contributed by atoms with Crippen molar-refractivity contribution in [3.63, 3.8) is 0 Å². The summed E-state index contributed by atoms with van der Waals surface area (Å²) in [6.45, 7) is 3.37. The Balaban J connectivity index is 1.80. The Morgan fingerprint density at radius 2 is 2.61 bits per heavy atom. The molecule has 6 nitrogen and oxygen atoms in total. The molecule has 0 bridgehead atoms. The fourth-order valence-corrected chi connectivity index (χ4v) is 2.45. The van der Waals surface area contributed by atoms with Crippen molar-refractivity contribution in [3.8, 4) is 0 Å². The number of nitrogens with two attached hydrogens (primary N) is 1. The minimum Gasteiger partial charge on any atom is -0.374 e. The van der Waals surface area contributed by atoms with Gasteiger partial charge in [0.2, 0.25) is 0 Å². The van der Waals surface area contributed by atoms with Crippen LogP contribution in [0.3, 0.4) is 0 Å². The summed E-state index contributed by atoms with van der Waals surface area (Å²) in [6.07, 6.45) is 0.0558. The molecule has 1 aromatic heterocycles. The van der Waals surface area contributed by atoms with E-state index in [0.29, 0.717) is 25.4 Å². The van der Waals surface area contributed by atoms with Crippen LogP contribution in [0.2, 0.25) is 0 Å². The number of likely N-dealkylation sites (N-methyl/N-ethyl adjacent to an activating group) is 1. The van der Waals surface area contributed by atoms with Crippen molar-refractivity contribution in [1.29, 1.82) is 0 Å². The fourth-order valence-electron chi connectivity index (χ4n) is 1.80. The molecule has 2 heterocycles. The number of ether oxygens (including phenoxy) is 1. The third-order valence-electron chi connectivity index (χ3n) is 2.79. The molecule has 1 amide bonds. The van der Waals surface area contributed by atoms with Crippen LogP contribution in [0.15, 0.2) is 5.38 Å². The van der Waals surface area contributed by atoms with Crippen molar-refractivity contribution in [2.45, 2.75) is 12.6 Å². The molecule has 0 aromatic carbocycles. The van der Waals surface area contributed by atoms with E-state index >= 15 is 0 Å². The molecular weight excluding hydrogens is 252 g/mol. The van der Waals surface area contributed by atoms with Crippen LogP contribution in [-0.2, 0) is 11.3 Å². The van der Waals surface area contributed by atoms with Gasteiger partial charge in [0.05, 0.1) is 12.7 Å². The molecule has 1 aliphatic rings. The molecule has 3 N–H and O–H groups in total. The topological polar surface area (TPSA) is 80.5 Å². The molecule has 1 fully saturated rings. The van der Waals surface area contributed by atoms with E-state index in [9.17, 15) is 4.79 Å². The van der Waals surface area contributed by atoms with E-state index in [4.69, 9.17) is 10.5 Å². The summed E-state index contributed by atoms with van der Waals surface area (Å²) in [5.74, 6) is -0.164. The zero-order valence-electron chi connectivity index (χ0n) is 10.4. The Morgan fingerprint density at radius 1 is 1.78 bits per heavy atom. The van der Waals surface area contributed by atoms with Gasteiger partial charge in [0.25, 0.3) is 5.91 Å². The van der Waals surface area contributed by atoms with Crippen molar-refractivity contribution in [1.82, 2.24) is 15.2 Å². The molecule has 1 aliphatic heterocycles. The highest BCUT2D eigenvalue weighted by molar-refractivity contribution is 7.09. The van der Waals surface area contributed by atoms with Crippen molar-refractivity contribution >= 4 is 17.2 Å². The number of amides is 1. The number of nitrogens with one attached hydrogen (secondary N) is 1. The molecule has 1 aromatic rings. The van der Waals surface area contributed by atoms with Crippen LogP contribution in [-0.4, -0.2) is 55.2 Å². The van der Waals surface area contributed by atoms with Crippen LogP contribution in [0.4, 0.5) is 0 Å². The monoisotopic (exact) mass is 270 g/mol. The molecule has 0 aliphatic carbocycles. The molecule has 18 heavy (non-hydrogen) atoms. The number of rotatable bonds is 4. The normalized spacial score (nSPS) is 20.9. The lowest BCUT2D eigenvalue weighted by Gasteiger charge is -2.29. The Bertz CT molecular complexity index is 410. The number of hydrogen-bond acceptors (Lipinski definition) is 6. The van der Waals surface area contributed by atoms with Crippen LogP contribution >= 0.6 is 11.3 Å². The number of nitrogens with zero attached hydrogens (tertiary/aromatic N) is 2. The van der Waals surface area contributed by atoms with Crippen molar-refractivity contribution in [2.24, 2.45) is 5.73 Å². The second-order valence-electron chi connectivity index (χ2n) is 4.30. The summed E-state index contributed by atoms with van der Waals surface area (Å²) in [6, 6.07) is 0. The number of morpholine rings is 1. The Morgan fingerprint density at radius 3 is 3.28 bits per heavy atom. The van der Waals surface area contributed by atoms with Crippen LogP contribution in [0, 0.1) is 0 Å². The van der Waals surface area contributed by atoms with Crippen LogP contribution in [0.5, 0.6) is 0 Å². The predicted molar refractivity (Wildman–Crippen MR) is 69.6 cm³/mol. The van der Waals surface area contributed by atoms with Gasteiger partial charge in [-0.1, -0.05) is 0 Å². The van der Waals surface area contributed by atoms with Gasteiger partial charge in [-0.05, 0) is 7.05 Å². The second-order valence-corrected chi connectivity index (χ2v) is 5.24. The quantitative estimate of drug-likeness (QED) is 0.782. The Hall–Kier alpha value is -1.02. The average molecular weight is 270 g/mol. The Labute approximate surface area is 110 Å². The molecule has 7 heteroatoms. The minimum atomic E-state index is -0.164. The van der Waals surface area contributed by atoms with E-state index < -0.39 is 0 Å². The molecule has 1 atom stereocenters. The summed E-state index contributed by atoms with van der Waals surface area (Å²) >= 11 is 1.40. The zero-order chi connectivity index (χ0) is 13.0. The number of carbonyl (C=O) groups excluding carboxylic acids is 1. The maximum Gasteiger partial charge on any atom is 0.270 e. The lowest BCUT2D eigenvalue weighted by atomic mass is 10.3. The molecule has 0 radical (unpaired) electrons. The van der Waals surface area contributed by atoms with Gasteiger partial charge < -0.3 is 20.7 Å². The average Bonchev–Trinajstić information content (AvgIpc) is 2.85. The maximum atomic E-state index is 11.8. The van der Waals surface area contributed by atoms with E-state index in [1.807, 2.05) is 7.05 Å². The predicted octanol–water partition coefficient (Wildman–Crippen LogP) is -0.338. The largest absolute Gasteiger partial charge is 0.374 e. The zero-order valence-corrected chi connectivity index (χ0v) is 11.2. The highest BCUT2D eigenvalue weighted by Crippen LogP contribution is 2.09. The van der Waals surface area contributed by atoms with Gasteiger partial charge in [0.1, 0.15) is 10.7 Å². The maximum absolute atomic E-state index is 11.8. The van der Waals surface area contributed by atoms with Crippen LogP contribution < -0.4 is 11.1 Å². The van der Waals surface area contributed by atoms with Crippen molar-refractivity contribution < 1.29 is 9.53 Å². The molecule has 1 unspecified atom stereocenters. The van der Waals surface area contributed by atoms with Gasteiger partial charge in [0, 0.05) is 31.6 Å². The van der Waals surface area contributed by atoms with Gasteiger partial charge in [-0.15, -0.1) is 11.3 Å². The summed E-state index contributed by atoms with van der Waals surface area (Å²) < 4.78 is 5.57. The van der Waals surface area contributed by atoms with Crippen LogP contribution in [0.1, 0.15) is 15.5 Å². The molecule has 0 spiro atoms. The van der Waals surface area contributed by atoms with E-state index in [1.165, 1.54) is 11.3 Å². The molecular formula is C11H18N4O2S. The van der Waals surface area contributed by atoms with E-state index in [1.54, 1.807) is 5.38 Å². The number of hydrogen-bond donors (Lipinski definition) is 2. The summed E-state index contributed by atoms with van der Waals surface area (Å²) in [7, 11) is 2.05. The van der Waals surface area contributed by atoms with Gasteiger partial charge in [-0.25, -0.2) is 4.98 Å². The highest BCUT2D eigenvalue weighted by atomic mass is 32.1. The molecule has 100 valence electrons. The Kier molecular flexibility index (Phi) is 4.65. The van der Waals surface area contributed by atoms with Crippen LogP contribution in [0.25, 0.3) is 0 Å². The second kappa shape index (κ2) is 6.24. The molecule has 2 rings (SSSR count).